The van der Waals surface area contributed by atoms with E-state index in [9.17, 15) is 14.4 Å². The molecule has 11 nitrogen and oxygen atoms in total. The van der Waals surface area contributed by atoms with Crippen LogP contribution < -0.4 is 15.5 Å². The molecule has 3 fully saturated rings. The molecule has 7 rings (SSSR count). The zero-order chi connectivity index (χ0) is 33.6. The third-order valence-corrected chi connectivity index (χ3v) is 9.56. The molecule has 4 heterocycles. The lowest BCUT2D eigenvalue weighted by Crippen LogP contribution is -2.45. The van der Waals surface area contributed by atoms with Gasteiger partial charge in [0.2, 0.25) is 24.2 Å². The summed E-state index contributed by atoms with van der Waals surface area (Å²) in [5.74, 6) is 0.0505. The van der Waals surface area contributed by atoms with Gasteiger partial charge in [-0.3, -0.25) is 24.6 Å². The van der Waals surface area contributed by atoms with Gasteiger partial charge in [-0.2, -0.15) is 4.98 Å². The highest BCUT2D eigenvalue weighted by Gasteiger charge is 2.28. The smallest absolute Gasteiger partial charge is 0.234 e. The van der Waals surface area contributed by atoms with E-state index in [2.05, 4.69) is 79.4 Å². The molecule has 2 aromatic heterocycles. The minimum atomic E-state index is -0.230. The van der Waals surface area contributed by atoms with Crippen molar-refractivity contribution >= 4 is 46.6 Å². The van der Waals surface area contributed by atoms with Crippen LogP contribution in [0.1, 0.15) is 67.3 Å². The lowest BCUT2D eigenvalue weighted by Gasteiger charge is -2.36. The Balaban J connectivity index is 0.000000749. The van der Waals surface area contributed by atoms with Gasteiger partial charge in [0.15, 0.2) is 0 Å². The van der Waals surface area contributed by atoms with E-state index in [1.807, 2.05) is 18.3 Å². The number of piperazine rings is 1. The molecule has 48 heavy (non-hydrogen) atoms. The average molecular weight is 651 g/mol. The molecule has 2 aromatic carbocycles. The van der Waals surface area contributed by atoms with Crippen molar-refractivity contribution in [3.8, 4) is 0 Å². The summed E-state index contributed by atoms with van der Waals surface area (Å²) in [6.45, 7) is 6.98. The monoisotopic (exact) mass is 650 g/mol. The fourth-order valence-electron chi connectivity index (χ4n) is 7.00. The van der Waals surface area contributed by atoms with Gasteiger partial charge in [-0.1, -0.05) is 37.1 Å². The molecule has 4 aromatic rings. The van der Waals surface area contributed by atoms with Gasteiger partial charge < -0.3 is 19.7 Å². The molecule has 0 bridgehead atoms. The van der Waals surface area contributed by atoms with Crippen molar-refractivity contribution in [1.82, 2.24) is 29.7 Å². The van der Waals surface area contributed by atoms with Crippen LogP contribution in [0.3, 0.4) is 0 Å². The number of benzene rings is 2. The molecule has 252 valence electrons. The number of imide groups is 1. The Kier molecular flexibility index (Phi) is 10.3. The maximum absolute atomic E-state index is 12.2. The van der Waals surface area contributed by atoms with E-state index in [1.54, 1.807) is 14.1 Å². The first-order valence-corrected chi connectivity index (χ1v) is 17.0. The largest absolute Gasteiger partial charge is 0.369 e. The van der Waals surface area contributed by atoms with Crippen LogP contribution in [0.25, 0.3) is 11.0 Å². The van der Waals surface area contributed by atoms with Gasteiger partial charge in [-0.05, 0) is 67.6 Å². The van der Waals surface area contributed by atoms with E-state index in [0.717, 1.165) is 61.4 Å². The van der Waals surface area contributed by atoms with Gasteiger partial charge >= 0.3 is 0 Å². The van der Waals surface area contributed by atoms with Crippen molar-refractivity contribution in [3.05, 3.63) is 77.6 Å². The SMILES string of the molecule is CN(C)C=O.Cc1cc2cnc(Nc3ccc(N4CCN(Cc5ccc(C6CCC(=O)NC6=O)cc5)CC4)cc3)nc2n1C1CCCC1. The summed E-state index contributed by atoms with van der Waals surface area (Å²) in [4.78, 5) is 49.0. The number of aryl methyl sites for hydroxylation is 1. The van der Waals surface area contributed by atoms with E-state index >= 15 is 0 Å². The molecular weight excluding hydrogens is 604 g/mol. The molecule has 1 atom stereocenters. The second kappa shape index (κ2) is 15.0. The number of carbonyl (C=O) groups is 3. The van der Waals surface area contributed by atoms with E-state index in [0.29, 0.717) is 24.8 Å². The molecule has 2 N–H and O–H groups in total. The zero-order valence-corrected chi connectivity index (χ0v) is 28.2. The standard InChI is InChI=1S/C34H39N7O2.C3H7NO/c1-23-20-26-21-35-34(38-32(26)41(23)29-4-2-3-5-29)36-27-10-12-28(13-11-27)40-18-16-39(17-19-40)22-24-6-8-25(9-7-24)30-14-15-31(42)37-33(30)43;1-4(2)3-5/h6-13,20-21,29-30H,2-5,14-19,22H2,1H3,(H,35,36,38)(H,37,42,43);3H,1-2H3. The summed E-state index contributed by atoms with van der Waals surface area (Å²) in [7, 11) is 3.38. The van der Waals surface area contributed by atoms with Crippen LogP contribution in [0.2, 0.25) is 0 Å². The Labute approximate surface area is 282 Å². The maximum atomic E-state index is 12.2. The molecule has 1 saturated carbocycles. The van der Waals surface area contributed by atoms with Crippen molar-refractivity contribution in [2.75, 3.05) is 50.5 Å². The number of rotatable bonds is 8. The van der Waals surface area contributed by atoms with Crippen LogP contribution in [0.4, 0.5) is 17.3 Å². The minimum Gasteiger partial charge on any atom is -0.369 e. The van der Waals surface area contributed by atoms with E-state index in [-0.39, 0.29) is 17.7 Å². The van der Waals surface area contributed by atoms with Gasteiger partial charge in [-0.25, -0.2) is 4.98 Å². The zero-order valence-electron chi connectivity index (χ0n) is 28.2. The van der Waals surface area contributed by atoms with E-state index in [1.165, 1.54) is 47.5 Å². The number of nitrogens with one attached hydrogen (secondary N) is 2. The Morgan fingerprint density at radius 3 is 2.29 bits per heavy atom. The van der Waals surface area contributed by atoms with Crippen LogP contribution in [0, 0.1) is 6.92 Å². The molecule has 11 heteroatoms. The van der Waals surface area contributed by atoms with Crippen LogP contribution in [-0.2, 0) is 20.9 Å². The molecule has 3 amide bonds. The number of hydrogen-bond donors (Lipinski definition) is 2. The van der Waals surface area contributed by atoms with E-state index in [4.69, 9.17) is 4.98 Å². The molecule has 0 radical (unpaired) electrons. The van der Waals surface area contributed by atoms with Gasteiger partial charge in [0, 0.05) is 87.9 Å². The van der Waals surface area contributed by atoms with Gasteiger partial charge in [-0.15, -0.1) is 0 Å². The third-order valence-electron chi connectivity index (χ3n) is 9.56. The van der Waals surface area contributed by atoms with Crippen LogP contribution in [0.15, 0.2) is 60.8 Å². The fourth-order valence-corrected chi connectivity index (χ4v) is 7.00. The highest BCUT2D eigenvalue weighted by molar-refractivity contribution is 6.00. The average Bonchev–Trinajstić information content (AvgIpc) is 3.73. The third kappa shape index (κ3) is 7.84. The van der Waals surface area contributed by atoms with Crippen molar-refractivity contribution in [1.29, 1.82) is 0 Å². The van der Waals surface area contributed by atoms with Crippen LogP contribution in [0.5, 0.6) is 0 Å². The van der Waals surface area contributed by atoms with Gasteiger partial charge in [0.1, 0.15) is 5.65 Å². The second-order valence-electron chi connectivity index (χ2n) is 13.3. The number of hydrogen-bond acceptors (Lipinski definition) is 8. The fraction of sp³-hybridized carbons (Fsp3) is 0.432. The first-order valence-electron chi connectivity index (χ1n) is 17.0. The maximum Gasteiger partial charge on any atom is 0.234 e. The Bertz CT molecular complexity index is 1720. The summed E-state index contributed by atoms with van der Waals surface area (Å²) >= 11 is 0. The molecule has 2 saturated heterocycles. The van der Waals surface area contributed by atoms with Crippen molar-refractivity contribution in [2.24, 2.45) is 0 Å². The molecule has 1 unspecified atom stereocenters. The summed E-state index contributed by atoms with van der Waals surface area (Å²) < 4.78 is 2.41. The number of aromatic nitrogens is 3. The minimum absolute atomic E-state index is 0.173. The molecular formula is C37H46N8O3. The molecule has 0 spiro atoms. The summed E-state index contributed by atoms with van der Waals surface area (Å²) in [5, 5.41) is 6.98. The van der Waals surface area contributed by atoms with Gasteiger partial charge in [0.25, 0.3) is 0 Å². The second-order valence-corrected chi connectivity index (χ2v) is 13.3. The number of nitrogens with zero attached hydrogens (tertiary/aromatic N) is 6. The number of anilines is 3. The molecule has 2 aliphatic heterocycles. The Morgan fingerprint density at radius 2 is 1.65 bits per heavy atom. The highest BCUT2D eigenvalue weighted by atomic mass is 16.2. The summed E-state index contributed by atoms with van der Waals surface area (Å²) in [5.41, 5.74) is 6.73. The topological polar surface area (TPSA) is 116 Å². The van der Waals surface area contributed by atoms with Crippen LogP contribution >= 0.6 is 0 Å². The highest BCUT2D eigenvalue weighted by Crippen LogP contribution is 2.34. The van der Waals surface area contributed by atoms with Crippen molar-refractivity contribution in [2.45, 2.75) is 64.0 Å². The molecule has 3 aliphatic rings. The normalized spacial score (nSPS) is 18.7. The first-order chi connectivity index (χ1) is 23.3. The van der Waals surface area contributed by atoms with Crippen molar-refractivity contribution in [3.63, 3.8) is 0 Å². The first kappa shape index (κ1) is 33.1. The quantitative estimate of drug-likeness (QED) is 0.199. The molecule has 1 aliphatic carbocycles. The predicted molar refractivity (Wildman–Crippen MR) is 188 cm³/mol. The Hall–Kier alpha value is -4.77. The summed E-state index contributed by atoms with van der Waals surface area (Å²) in [6.07, 6.45) is 8.72. The number of amides is 3. The Morgan fingerprint density at radius 1 is 0.958 bits per heavy atom. The lowest BCUT2D eigenvalue weighted by atomic mass is 9.90. The van der Waals surface area contributed by atoms with Crippen LogP contribution in [-0.4, -0.2) is 82.8 Å². The van der Waals surface area contributed by atoms with Crippen molar-refractivity contribution < 1.29 is 14.4 Å². The number of carbonyl (C=O) groups excluding carboxylic acids is 3. The summed E-state index contributed by atoms with van der Waals surface area (Å²) in [6, 6.07) is 19.6. The number of fused-ring (bicyclic) bond motifs is 1. The lowest BCUT2D eigenvalue weighted by molar-refractivity contribution is -0.134. The van der Waals surface area contributed by atoms with E-state index < -0.39 is 0 Å². The predicted octanol–water partition coefficient (Wildman–Crippen LogP) is 5.15. The van der Waals surface area contributed by atoms with Gasteiger partial charge in [0.05, 0.1) is 5.92 Å². The number of piperidine rings is 1.